The molecule has 19 heavy (non-hydrogen) atoms. The van der Waals surface area contributed by atoms with Crippen molar-refractivity contribution >= 4 is 10.1 Å². The summed E-state index contributed by atoms with van der Waals surface area (Å²) in [6.45, 7) is 1.74. The van der Waals surface area contributed by atoms with E-state index in [-0.39, 0.29) is 23.7 Å². The van der Waals surface area contributed by atoms with Crippen molar-refractivity contribution in [2.24, 2.45) is 0 Å². The molecule has 5 heteroatoms. The van der Waals surface area contributed by atoms with Gasteiger partial charge in [-0.3, -0.25) is 4.18 Å². The summed E-state index contributed by atoms with van der Waals surface area (Å²) in [7, 11) is -3.73. The van der Waals surface area contributed by atoms with Crippen LogP contribution < -0.4 is 0 Å². The van der Waals surface area contributed by atoms with Gasteiger partial charge in [0.2, 0.25) is 0 Å². The van der Waals surface area contributed by atoms with Crippen LogP contribution in [0.2, 0.25) is 0 Å². The minimum Gasteiger partial charge on any atom is -0.360 e. The van der Waals surface area contributed by atoms with Gasteiger partial charge in [-0.05, 0) is 31.4 Å². The van der Waals surface area contributed by atoms with Gasteiger partial charge in [0, 0.05) is 0 Å². The van der Waals surface area contributed by atoms with Crippen LogP contribution in [0, 0.1) is 19.3 Å². The summed E-state index contributed by atoms with van der Waals surface area (Å²) in [6, 6.07) is 6.72. The number of ether oxygens (including phenoxy) is 1. The second-order valence-corrected chi connectivity index (χ2v) is 6.08. The van der Waals surface area contributed by atoms with Gasteiger partial charge in [0.25, 0.3) is 10.1 Å². The van der Waals surface area contributed by atoms with Gasteiger partial charge in [-0.25, -0.2) is 0 Å². The summed E-state index contributed by atoms with van der Waals surface area (Å²) in [6.07, 6.45) is 6.24. The van der Waals surface area contributed by atoms with Crippen molar-refractivity contribution in [1.29, 1.82) is 0 Å². The Bertz CT molecular complexity index is 586. The molecule has 0 aliphatic carbocycles. The van der Waals surface area contributed by atoms with Gasteiger partial charge in [0.1, 0.15) is 6.10 Å². The molecule has 1 aliphatic heterocycles. The Labute approximate surface area is 113 Å². The van der Waals surface area contributed by atoms with Gasteiger partial charge in [0.15, 0.2) is 0 Å². The number of rotatable bonds is 4. The van der Waals surface area contributed by atoms with Crippen molar-refractivity contribution < 1.29 is 17.3 Å². The van der Waals surface area contributed by atoms with Crippen LogP contribution in [0.4, 0.5) is 0 Å². The third-order valence-corrected chi connectivity index (χ3v) is 4.51. The maximum Gasteiger partial charge on any atom is 0.297 e. The summed E-state index contributed by atoms with van der Waals surface area (Å²) in [5, 5.41) is 0. The molecule has 0 N–H and O–H groups in total. The number of aryl methyl sites for hydroxylation is 1. The van der Waals surface area contributed by atoms with Crippen molar-refractivity contribution in [3.8, 4) is 12.3 Å². The molecule has 1 heterocycles. The van der Waals surface area contributed by atoms with Gasteiger partial charge in [-0.1, -0.05) is 24.1 Å². The van der Waals surface area contributed by atoms with Gasteiger partial charge < -0.3 is 4.74 Å². The SMILES string of the molecule is C#C[C@@H]1CC[C@H](COS(=O)(=O)c2ccccc2C)O1. The van der Waals surface area contributed by atoms with E-state index in [4.69, 9.17) is 15.3 Å². The van der Waals surface area contributed by atoms with Crippen LogP contribution in [-0.2, 0) is 19.0 Å². The Kier molecular flexibility index (Phi) is 4.25. The van der Waals surface area contributed by atoms with Crippen molar-refractivity contribution in [3.63, 3.8) is 0 Å². The molecular formula is C14H16O4S. The summed E-state index contributed by atoms with van der Waals surface area (Å²) in [5.74, 6) is 2.50. The van der Waals surface area contributed by atoms with E-state index in [1.807, 2.05) is 0 Å². The first-order valence-electron chi connectivity index (χ1n) is 6.09. The topological polar surface area (TPSA) is 52.6 Å². The monoisotopic (exact) mass is 280 g/mol. The molecule has 1 fully saturated rings. The molecule has 0 radical (unpaired) electrons. The molecule has 1 saturated heterocycles. The van der Waals surface area contributed by atoms with Crippen molar-refractivity contribution in [2.45, 2.75) is 36.9 Å². The summed E-state index contributed by atoms with van der Waals surface area (Å²) in [5.41, 5.74) is 0.663. The summed E-state index contributed by atoms with van der Waals surface area (Å²) in [4.78, 5) is 0.196. The third kappa shape index (κ3) is 3.35. The van der Waals surface area contributed by atoms with E-state index >= 15 is 0 Å². The molecule has 0 aromatic heterocycles. The van der Waals surface area contributed by atoms with Crippen LogP contribution in [0.1, 0.15) is 18.4 Å². The van der Waals surface area contributed by atoms with E-state index < -0.39 is 10.1 Å². The molecule has 4 nitrogen and oxygen atoms in total. The largest absolute Gasteiger partial charge is 0.360 e. The maximum absolute atomic E-state index is 12.0. The quantitative estimate of drug-likeness (QED) is 0.624. The number of terminal acetylenes is 1. The van der Waals surface area contributed by atoms with Crippen LogP contribution in [0.15, 0.2) is 29.2 Å². The maximum atomic E-state index is 12.0. The van der Waals surface area contributed by atoms with Gasteiger partial charge in [-0.15, -0.1) is 6.42 Å². The Morgan fingerprint density at radius 3 is 2.79 bits per heavy atom. The highest BCUT2D eigenvalue weighted by Crippen LogP contribution is 2.22. The lowest BCUT2D eigenvalue weighted by molar-refractivity contribution is 0.0438. The lowest BCUT2D eigenvalue weighted by Gasteiger charge is -2.12. The molecule has 2 atom stereocenters. The highest BCUT2D eigenvalue weighted by molar-refractivity contribution is 7.86. The Morgan fingerprint density at radius 2 is 2.16 bits per heavy atom. The van der Waals surface area contributed by atoms with E-state index in [1.165, 1.54) is 6.07 Å². The van der Waals surface area contributed by atoms with Crippen LogP contribution in [0.25, 0.3) is 0 Å². The predicted molar refractivity (Wildman–Crippen MR) is 71.0 cm³/mol. The molecular weight excluding hydrogens is 264 g/mol. The van der Waals surface area contributed by atoms with E-state index in [9.17, 15) is 8.42 Å². The first-order valence-corrected chi connectivity index (χ1v) is 7.50. The standard InChI is InChI=1S/C14H16O4S/c1-3-12-8-9-13(18-12)10-17-19(15,16)14-7-5-4-6-11(14)2/h1,4-7,12-13H,8-10H2,2H3/t12-,13-/m1/s1. The van der Waals surface area contributed by atoms with E-state index in [0.29, 0.717) is 5.56 Å². The number of hydrogen-bond acceptors (Lipinski definition) is 4. The van der Waals surface area contributed by atoms with Crippen LogP contribution in [-0.4, -0.2) is 27.2 Å². The minimum atomic E-state index is -3.73. The summed E-state index contributed by atoms with van der Waals surface area (Å²) < 4.78 is 34.6. The van der Waals surface area contributed by atoms with Crippen molar-refractivity contribution in [1.82, 2.24) is 0 Å². The Morgan fingerprint density at radius 1 is 1.42 bits per heavy atom. The smallest absolute Gasteiger partial charge is 0.297 e. The zero-order valence-corrected chi connectivity index (χ0v) is 11.5. The van der Waals surface area contributed by atoms with Crippen molar-refractivity contribution in [3.05, 3.63) is 29.8 Å². The Balaban J connectivity index is 2.00. The molecule has 2 rings (SSSR count). The first kappa shape index (κ1) is 14.1. The molecule has 0 unspecified atom stereocenters. The average Bonchev–Trinajstić information content (AvgIpc) is 2.85. The van der Waals surface area contributed by atoms with Gasteiger partial charge in [-0.2, -0.15) is 8.42 Å². The molecule has 0 saturated carbocycles. The lowest BCUT2D eigenvalue weighted by atomic mass is 10.2. The molecule has 0 amide bonds. The zero-order valence-electron chi connectivity index (χ0n) is 10.7. The fourth-order valence-electron chi connectivity index (χ4n) is 2.02. The molecule has 102 valence electrons. The third-order valence-electron chi connectivity index (χ3n) is 3.07. The molecule has 0 spiro atoms. The number of benzene rings is 1. The van der Waals surface area contributed by atoms with E-state index in [2.05, 4.69) is 5.92 Å². The fourth-order valence-corrected chi connectivity index (χ4v) is 3.18. The number of hydrogen-bond donors (Lipinski definition) is 0. The zero-order chi connectivity index (χ0) is 13.9. The first-order chi connectivity index (χ1) is 9.03. The lowest BCUT2D eigenvalue weighted by Crippen LogP contribution is -2.20. The molecule has 0 bridgehead atoms. The molecule has 1 aliphatic rings. The van der Waals surface area contributed by atoms with Crippen LogP contribution >= 0.6 is 0 Å². The van der Waals surface area contributed by atoms with E-state index in [1.54, 1.807) is 25.1 Å². The highest BCUT2D eigenvalue weighted by Gasteiger charge is 2.26. The van der Waals surface area contributed by atoms with Crippen LogP contribution in [0.3, 0.4) is 0 Å². The Hall–Kier alpha value is -1.35. The molecule has 1 aromatic carbocycles. The summed E-state index contributed by atoms with van der Waals surface area (Å²) >= 11 is 0. The van der Waals surface area contributed by atoms with Gasteiger partial charge >= 0.3 is 0 Å². The molecule has 1 aromatic rings. The normalized spacial score (nSPS) is 23.2. The minimum absolute atomic E-state index is 0.00878. The second-order valence-electron chi connectivity index (χ2n) is 4.49. The highest BCUT2D eigenvalue weighted by atomic mass is 32.2. The van der Waals surface area contributed by atoms with Crippen molar-refractivity contribution in [2.75, 3.05) is 6.61 Å². The second kappa shape index (κ2) is 5.74. The fraction of sp³-hybridized carbons (Fsp3) is 0.429. The van der Waals surface area contributed by atoms with Crippen LogP contribution in [0.5, 0.6) is 0 Å². The average molecular weight is 280 g/mol. The van der Waals surface area contributed by atoms with E-state index in [0.717, 1.165) is 12.8 Å². The predicted octanol–water partition coefficient (Wildman–Crippen LogP) is 1.88. The van der Waals surface area contributed by atoms with Gasteiger partial charge in [0.05, 0.1) is 17.6 Å².